The molecule has 13 heavy (non-hydrogen) atoms. The van der Waals surface area contributed by atoms with Crippen LogP contribution < -0.4 is 15.8 Å². The predicted octanol–water partition coefficient (Wildman–Crippen LogP) is 0.284. The van der Waals surface area contributed by atoms with Crippen LogP contribution in [0.2, 0.25) is 0 Å². The fraction of sp³-hybridized carbons (Fsp3) is 0.286. The molecule has 0 aliphatic heterocycles. The van der Waals surface area contributed by atoms with Crippen molar-refractivity contribution >= 4 is 12.0 Å². The third kappa shape index (κ3) is 2.58. The lowest BCUT2D eigenvalue weighted by atomic mass is 10.4. The van der Waals surface area contributed by atoms with Crippen molar-refractivity contribution in [2.75, 3.05) is 12.4 Å². The molecular weight excluding hydrogens is 172 g/mol. The molecule has 70 valence electrons. The number of urea groups is 1. The first kappa shape index (κ1) is 9.24. The number of nitrogens with one attached hydrogen (secondary N) is 1. The van der Waals surface area contributed by atoms with Crippen molar-refractivity contribution in [3.8, 4) is 5.88 Å². The quantitative estimate of drug-likeness (QED) is 0.687. The lowest BCUT2D eigenvalue weighted by Crippen LogP contribution is -2.21. The molecule has 0 saturated carbocycles. The van der Waals surface area contributed by atoms with E-state index in [1.165, 1.54) is 7.11 Å². The van der Waals surface area contributed by atoms with E-state index < -0.39 is 6.03 Å². The number of aromatic nitrogens is 2. The van der Waals surface area contributed by atoms with Crippen LogP contribution in [-0.4, -0.2) is 23.1 Å². The average molecular weight is 182 g/mol. The Balaban J connectivity index is 2.94. The summed E-state index contributed by atoms with van der Waals surface area (Å²) in [6.07, 6.45) is 0. The molecule has 3 N–H and O–H groups in total. The van der Waals surface area contributed by atoms with E-state index in [0.29, 0.717) is 11.6 Å². The molecule has 0 aliphatic carbocycles. The van der Waals surface area contributed by atoms with Gasteiger partial charge in [0.05, 0.1) is 7.11 Å². The van der Waals surface area contributed by atoms with Crippen molar-refractivity contribution in [1.29, 1.82) is 0 Å². The van der Waals surface area contributed by atoms with Gasteiger partial charge in [-0.2, -0.15) is 4.98 Å². The second-order valence-corrected chi connectivity index (χ2v) is 2.36. The molecule has 0 aromatic carbocycles. The van der Waals surface area contributed by atoms with Crippen LogP contribution in [0.3, 0.4) is 0 Å². The second kappa shape index (κ2) is 3.70. The molecule has 0 fully saturated rings. The molecule has 0 radical (unpaired) electrons. The number of amides is 2. The Morgan fingerprint density at radius 1 is 1.62 bits per heavy atom. The van der Waals surface area contributed by atoms with Crippen molar-refractivity contribution in [2.24, 2.45) is 5.73 Å². The van der Waals surface area contributed by atoms with Crippen molar-refractivity contribution < 1.29 is 9.53 Å². The summed E-state index contributed by atoms with van der Waals surface area (Å²) in [4.78, 5) is 18.2. The van der Waals surface area contributed by atoms with Crippen molar-refractivity contribution in [2.45, 2.75) is 6.92 Å². The summed E-state index contributed by atoms with van der Waals surface area (Å²) < 4.78 is 4.87. The summed E-state index contributed by atoms with van der Waals surface area (Å²) in [5.41, 5.74) is 5.59. The van der Waals surface area contributed by atoms with Gasteiger partial charge >= 0.3 is 6.03 Å². The highest BCUT2D eigenvalue weighted by molar-refractivity contribution is 5.85. The molecule has 0 bridgehead atoms. The summed E-state index contributed by atoms with van der Waals surface area (Å²) in [6, 6.07) is 0.944. The number of rotatable bonds is 2. The summed E-state index contributed by atoms with van der Waals surface area (Å²) in [6.45, 7) is 1.76. The summed E-state index contributed by atoms with van der Waals surface area (Å²) in [7, 11) is 1.48. The number of hydrogen-bond donors (Lipinski definition) is 2. The minimum Gasteiger partial charge on any atom is -0.481 e. The van der Waals surface area contributed by atoms with Gasteiger partial charge in [-0.05, 0) is 6.92 Å². The smallest absolute Gasteiger partial charge is 0.319 e. The Labute approximate surface area is 75.1 Å². The summed E-state index contributed by atoms with van der Waals surface area (Å²) in [5, 5.41) is 2.26. The Morgan fingerprint density at radius 3 is 2.85 bits per heavy atom. The SMILES string of the molecule is COc1cc(C)nc(NC(N)=O)n1. The number of carbonyl (C=O) groups excluding carboxylic acids is 1. The van der Waals surface area contributed by atoms with Gasteiger partial charge in [0.2, 0.25) is 11.8 Å². The van der Waals surface area contributed by atoms with E-state index in [1.54, 1.807) is 13.0 Å². The molecule has 6 heteroatoms. The highest BCUT2D eigenvalue weighted by atomic mass is 16.5. The molecule has 6 nitrogen and oxygen atoms in total. The van der Waals surface area contributed by atoms with E-state index in [2.05, 4.69) is 15.3 Å². The number of primary amides is 1. The van der Waals surface area contributed by atoms with E-state index in [0.717, 1.165) is 0 Å². The number of aryl methyl sites for hydroxylation is 1. The zero-order valence-electron chi connectivity index (χ0n) is 7.37. The number of nitrogens with zero attached hydrogens (tertiary/aromatic N) is 2. The highest BCUT2D eigenvalue weighted by Gasteiger charge is 2.03. The van der Waals surface area contributed by atoms with Crippen molar-refractivity contribution in [3.63, 3.8) is 0 Å². The third-order valence-corrected chi connectivity index (χ3v) is 1.27. The lowest BCUT2D eigenvalue weighted by Gasteiger charge is -2.03. The maximum atomic E-state index is 10.5. The Hall–Kier alpha value is -1.85. The molecule has 2 amide bonds. The van der Waals surface area contributed by atoms with Gasteiger partial charge in [-0.1, -0.05) is 0 Å². The van der Waals surface area contributed by atoms with Crippen molar-refractivity contribution in [1.82, 2.24) is 9.97 Å². The zero-order chi connectivity index (χ0) is 9.84. The number of carbonyl (C=O) groups is 1. The van der Waals surface area contributed by atoms with Crippen LogP contribution in [0.5, 0.6) is 5.88 Å². The van der Waals surface area contributed by atoms with Gasteiger partial charge < -0.3 is 10.5 Å². The second-order valence-electron chi connectivity index (χ2n) is 2.36. The highest BCUT2D eigenvalue weighted by Crippen LogP contribution is 2.10. The van der Waals surface area contributed by atoms with Gasteiger partial charge in [0.15, 0.2) is 0 Å². The molecule has 0 unspecified atom stereocenters. The lowest BCUT2D eigenvalue weighted by molar-refractivity contribution is 0.259. The maximum absolute atomic E-state index is 10.5. The molecule has 0 aliphatic rings. The fourth-order valence-electron chi connectivity index (χ4n) is 0.810. The van der Waals surface area contributed by atoms with Crippen molar-refractivity contribution in [3.05, 3.63) is 11.8 Å². The van der Waals surface area contributed by atoms with Crippen LogP contribution in [0.1, 0.15) is 5.69 Å². The van der Waals surface area contributed by atoms with Crippen LogP contribution in [0.4, 0.5) is 10.7 Å². The summed E-state index contributed by atoms with van der Waals surface area (Å²) >= 11 is 0. The van der Waals surface area contributed by atoms with E-state index >= 15 is 0 Å². The minimum atomic E-state index is -0.701. The Morgan fingerprint density at radius 2 is 2.31 bits per heavy atom. The van der Waals surface area contributed by atoms with Crippen LogP contribution in [-0.2, 0) is 0 Å². The molecule has 0 saturated heterocycles. The number of nitrogens with two attached hydrogens (primary N) is 1. The summed E-state index contributed by atoms with van der Waals surface area (Å²) in [5.74, 6) is 0.528. The zero-order valence-corrected chi connectivity index (χ0v) is 7.37. The molecule has 1 aromatic rings. The largest absolute Gasteiger partial charge is 0.481 e. The topological polar surface area (TPSA) is 90.1 Å². The minimum absolute atomic E-state index is 0.143. The first-order valence-electron chi connectivity index (χ1n) is 3.58. The van der Waals surface area contributed by atoms with E-state index in [-0.39, 0.29) is 5.95 Å². The standard InChI is InChI=1S/C7H10N4O2/c1-4-3-5(13-2)10-7(9-4)11-6(8)12/h3H,1-2H3,(H3,8,9,10,11,12). The normalized spacial score (nSPS) is 9.38. The first-order chi connectivity index (χ1) is 6.11. The van der Waals surface area contributed by atoms with E-state index in [9.17, 15) is 4.79 Å². The molecule has 0 atom stereocenters. The number of ether oxygens (including phenoxy) is 1. The van der Waals surface area contributed by atoms with Gasteiger partial charge in [0.1, 0.15) is 0 Å². The average Bonchev–Trinajstić information content (AvgIpc) is 2.01. The fourth-order valence-corrected chi connectivity index (χ4v) is 0.810. The third-order valence-electron chi connectivity index (χ3n) is 1.27. The van der Waals surface area contributed by atoms with Crippen LogP contribution >= 0.6 is 0 Å². The Bertz CT molecular complexity index is 326. The monoisotopic (exact) mass is 182 g/mol. The van der Waals surface area contributed by atoms with Crippen LogP contribution in [0.25, 0.3) is 0 Å². The van der Waals surface area contributed by atoms with Gasteiger partial charge in [0, 0.05) is 11.8 Å². The molecule has 1 rings (SSSR count). The molecular formula is C7H10N4O2. The maximum Gasteiger partial charge on any atom is 0.319 e. The van der Waals surface area contributed by atoms with Crippen LogP contribution in [0.15, 0.2) is 6.07 Å². The van der Waals surface area contributed by atoms with E-state index in [4.69, 9.17) is 10.5 Å². The molecule has 1 heterocycles. The van der Waals surface area contributed by atoms with Gasteiger partial charge in [-0.25, -0.2) is 9.78 Å². The van der Waals surface area contributed by atoms with Gasteiger partial charge in [-0.15, -0.1) is 0 Å². The molecule has 0 spiro atoms. The predicted molar refractivity (Wildman–Crippen MR) is 46.5 cm³/mol. The number of hydrogen-bond acceptors (Lipinski definition) is 4. The van der Waals surface area contributed by atoms with E-state index in [1.807, 2.05) is 0 Å². The van der Waals surface area contributed by atoms with Gasteiger partial charge in [-0.3, -0.25) is 5.32 Å². The van der Waals surface area contributed by atoms with Gasteiger partial charge in [0.25, 0.3) is 0 Å². The van der Waals surface area contributed by atoms with Crippen LogP contribution in [0, 0.1) is 6.92 Å². The first-order valence-corrected chi connectivity index (χ1v) is 3.58. The number of anilines is 1. The number of methoxy groups -OCH3 is 1. The molecule has 1 aromatic heterocycles. The Kier molecular flexibility index (Phi) is 2.63.